The number of allylic oxidation sites excluding steroid dienone is 1. The summed E-state index contributed by atoms with van der Waals surface area (Å²) < 4.78 is 0. The number of piperidine rings is 1. The molecule has 0 radical (unpaired) electrons. The molecule has 2 heteroatoms. The molecular weight excluding hydrogens is 138 g/mol. The van der Waals surface area contributed by atoms with Gasteiger partial charge in [0.05, 0.1) is 5.60 Å². The van der Waals surface area contributed by atoms with Crippen LogP contribution in [0.3, 0.4) is 0 Å². The lowest BCUT2D eigenvalue weighted by atomic mass is 9.95. The second-order valence-electron chi connectivity index (χ2n) is 3.55. The summed E-state index contributed by atoms with van der Waals surface area (Å²) in [6.45, 7) is 5.77. The van der Waals surface area contributed by atoms with Crippen molar-refractivity contribution in [2.75, 3.05) is 13.1 Å². The lowest BCUT2D eigenvalue weighted by molar-refractivity contribution is -0.000474. The van der Waals surface area contributed by atoms with Gasteiger partial charge in [-0.15, -0.1) is 0 Å². The first-order valence-electron chi connectivity index (χ1n) is 4.23. The Balaban J connectivity index is 2.46. The van der Waals surface area contributed by atoms with E-state index < -0.39 is 5.60 Å². The first kappa shape index (κ1) is 8.60. The Morgan fingerprint density at radius 2 is 2.27 bits per heavy atom. The average molecular weight is 155 g/mol. The van der Waals surface area contributed by atoms with Gasteiger partial charge in [0.25, 0.3) is 0 Å². The Morgan fingerprint density at radius 1 is 1.55 bits per heavy atom. The van der Waals surface area contributed by atoms with Crippen molar-refractivity contribution in [2.24, 2.45) is 0 Å². The topological polar surface area (TPSA) is 23.5 Å². The fourth-order valence-corrected chi connectivity index (χ4v) is 1.60. The molecule has 1 atom stereocenters. The molecule has 1 aliphatic rings. The maximum atomic E-state index is 9.70. The van der Waals surface area contributed by atoms with Crippen LogP contribution >= 0.6 is 0 Å². The number of nitrogens with zero attached hydrogens (tertiary/aromatic N) is 1. The van der Waals surface area contributed by atoms with Gasteiger partial charge < -0.3 is 10.0 Å². The summed E-state index contributed by atoms with van der Waals surface area (Å²) >= 11 is 0. The summed E-state index contributed by atoms with van der Waals surface area (Å²) in [5.74, 6) is 0. The third-order valence-corrected chi connectivity index (χ3v) is 2.06. The molecule has 11 heavy (non-hydrogen) atoms. The molecule has 0 saturated carbocycles. The normalized spacial score (nSPS) is 33.2. The first-order valence-corrected chi connectivity index (χ1v) is 4.23. The Hall–Kier alpha value is -0.500. The van der Waals surface area contributed by atoms with Crippen LogP contribution in [0.25, 0.3) is 0 Å². The van der Waals surface area contributed by atoms with Gasteiger partial charge in [0.15, 0.2) is 0 Å². The maximum absolute atomic E-state index is 9.70. The van der Waals surface area contributed by atoms with E-state index in [1.165, 1.54) is 0 Å². The number of β-amino-alcohol motifs (C(OH)–C–C–N with tert-alkyl or cyclic N) is 1. The van der Waals surface area contributed by atoms with E-state index in [0.717, 1.165) is 25.9 Å². The molecule has 1 saturated heterocycles. The van der Waals surface area contributed by atoms with Crippen LogP contribution in [0.5, 0.6) is 0 Å². The van der Waals surface area contributed by atoms with E-state index in [4.69, 9.17) is 0 Å². The quantitative estimate of drug-likeness (QED) is 0.618. The fraction of sp³-hybridized carbons (Fsp3) is 0.778. The molecule has 2 nitrogen and oxygen atoms in total. The summed E-state index contributed by atoms with van der Waals surface area (Å²) in [5, 5.41) is 9.70. The third-order valence-electron chi connectivity index (χ3n) is 2.06. The second-order valence-corrected chi connectivity index (χ2v) is 3.55. The molecule has 1 unspecified atom stereocenters. The summed E-state index contributed by atoms with van der Waals surface area (Å²) in [6, 6.07) is 0. The van der Waals surface area contributed by atoms with Gasteiger partial charge in [-0.3, -0.25) is 0 Å². The van der Waals surface area contributed by atoms with Crippen LogP contribution in [0.2, 0.25) is 0 Å². The molecule has 1 N–H and O–H groups in total. The molecule has 0 aromatic rings. The summed E-state index contributed by atoms with van der Waals surface area (Å²) in [6.07, 6.45) is 6.09. The number of hydrogen-bond donors (Lipinski definition) is 1. The number of hydrogen-bond acceptors (Lipinski definition) is 2. The molecule has 64 valence electrons. The molecule has 1 aliphatic heterocycles. The van der Waals surface area contributed by atoms with E-state index in [9.17, 15) is 5.11 Å². The zero-order valence-electron chi connectivity index (χ0n) is 7.38. The largest absolute Gasteiger partial charge is 0.388 e. The molecule has 0 amide bonds. The highest BCUT2D eigenvalue weighted by Gasteiger charge is 2.26. The molecule has 1 heterocycles. The summed E-state index contributed by atoms with van der Waals surface area (Å²) in [7, 11) is 0. The van der Waals surface area contributed by atoms with Crippen LogP contribution in [0, 0.1) is 0 Å². The third kappa shape index (κ3) is 2.54. The van der Waals surface area contributed by atoms with Crippen LogP contribution in [0.15, 0.2) is 12.3 Å². The minimum atomic E-state index is -0.474. The Kier molecular flexibility index (Phi) is 2.55. The van der Waals surface area contributed by atoms with Gasteiger partial charge in [0.2, 0.25) is 0 Å². The van der Waals surface area contributed by atoms with Gasteiger partial charge in [-0.05, 0) is 32.9 Å². The lowest BCUT2D eigenvalue weighted by Crippen LogP contribution is -2.43. The van der Waals surface area contributed by atoms with Crippen molar-refractivity contribution in [1.82, 2.24) is 4.90 Å². The highest BCUT2D eigenvalue weighted by molar-refractivity contribution is 4.89. The smallest absolute Gasteiger partial charge is 0.0794 e. The van der Waals surface area contributed by atoms with Gasteiger partial charge in [0, 0.05) is 13.1 Å². The van der Waals surface area contributed by atoms with Crippen molar-refractivity contribution >= 4 is 0 Å². The van der Waals surface area contributed by atoms with Crippen LogP contribution in [0.1, 0.15) is 26.7 Å². The molecule has 0 aromatic carbocycles. The number of rotatable bonds is 1. The van der Waals surface area contributed by atoms with Crippen molar-refractivity contribution < 1.29 is 5.11 Å². The van der Waals surface area contributed by atoms with Gasteiger partial charge in [-0.25, -0.2) is 0 Å². The summed E-state index contributed by atoms with van der Waals surface area (Å²) in [4.78, 5) is 2.17. The zero-order chi connectivity index (χ0) is 8.32. The van der Waals surface area contributed by atoms with Crippen molar-refractivity contribution in [3.63, 3.8) is 0 Å². The van der Waals surface area contributed by atoms with Gasteiger partial charge in [-0.1, -0.05) is 6.08 Å². The highest BCUT2D eigenvalue weighted by Crippen LogP contribution is 2.19. The second kappa shape index (κ2) is 3.26. The van der Waals surface area contributed by atoms with Crippen LogP contribution < -0.4 is 0 Å². The van der Waals surface area contributed by atoms with E-state index in [1.54, 1.807) is 0 Å². The molecule has 1 fully saturated rings. The van der Waals surface area contributed by atoms with Crippen molar-refractivity contribution in [3.8, 4) is 0 Å². The Labute approximate surface area is 68.5 Å². The van der Waals surface area contributed by atoms with E-state index in [2.05, 4.69) is 4.90 Å². The van der Waals surface area contributed by atoms with E-state index in [0.29, 0.717) is 0 Å². The molecule has 0 bridgehead atoms. The fourth-order valence-electron chi connectivity index (χ4n) is 1.60. The maximum Gasteiger partial charge on any atom is 0.0794 e. The van der Waals surface area contributed by atoms with E-state index >= 15 is 0 Å². The molecule has 0 spiro atoms. The predicted octanol–water partition coefficient (Wildman–Crippen LogP) is 1.37. The Morgan fingerprint density at radius 3 is 2.82 bits per heavy atom. The van der Waals surface area contributed by atoms with Gasteiger partial charge in [0.1, 0.15) is 0 Å². The van der Waals surface area contributed by atoms with Crippen LogP contribution in [-0.4, -0.2) is 28.7 Å². The molecule has 0 aliphatic carbocycles. The van der Waals surface area contributed by atoms with E-state index in [1.807, 2.05) is 26.1 Å². The summed E-state index contributed by atoms with van der Waals surface area (Å²) in [5.41, 5.74) is -0.474. The minimum absolute atomic E-state index is 0.474. The molecule has 0 aromatic heterocycles. The molecule has 1 rings (SSSR count). The van der Waals surface area contributed by atoms with E-state index in [-0.39, 0.29) is 0 Å². The number of likely N-dealkylation sites (tertiary alicyclic amines) is 1. The number of aliphatic hydroxyl groups is 1. The van der Waals surface area contributed by atoms with Crippen molar-refractivity contribution in [1.29, 1.82) is 0 Å². The molecular formula is C9H17NO. The monoisotopic (exact) mass is 155 g/mol. The van der Waals surface area contributed by atoms with Crippen molar-refractivity contribution in [2.45, 2.75) is 32.3 Å². The highest BCUT2D eigenvalue weighted by atomic mass is 16.3. The van der Waals surface area contributed by atoms with Crippen LogP contribution in [-0.2, 0) is 0 Å². The average Bonchev–Trinajstić information content (AvgIpc) is 1.85. The standard InChI is InChI=1S/C9H17NO/c1-3-6-10-7-4-5-9(2,11)8-10/h3,6,11H,4-5,7-8H2,1-2H3. The zero-order valence-corrected chi connectivity index (χ0v) is 7.38. The Bertz CT molecular complexity index is 152. The predicted molar refractivity (Wildman–Crippen MR) is 46.2 cm³/mol. The lowest BCUT2D eigenvalue weighted by Gasteiger charge is -2.36. The van der Waals surface area contributed by atoms with Gasteiger partial charge in [-0.2, -0.15) is 0 Å². The first-order chi connectivity index (χ1) is 5.14. The minimum Gasteiger partial charge on any atom is -0.388 e. The van der Waals surface area contributed by atoms with Gasteiger partial charge >= 0.3 is 0 Å². The van der Waals surface area contributed by atoms with Crippen molar-refractivity contribution in [3.05, 3.63) is 12.3 Å². The SMILES string of the molecule is CC=CN1CCCC(C)(O)C1. The van der Waals surface area contributed by atoms with Crippen LogP contribution in [0.4, 0.5) is 0 Å².